The molecule has 0 aliphatic carbocycles. The van der Waals surface area contributed by atoms with Crippen LogP contribution in [-0.2, 0) is 0 Å². The summed E-state index contributed by atoms with van der Waals surface area (Å²) in [4.78, 5) is 7.97. The molecule has 6 nitrogen and oxygen atoms in total. The maximum absolute atomic E-state index is 8.67. The van der Waals surface area contributed by atoms with Crippen molar-refractivity contribution in [2.75, 3.05) is 0 Å². The number of oxime groups is 1. The Balaban J connectivity index is 2.35. The summed E-state index contributed by atoms with van der Waals surface area (Å²) in [6.45, 7) is 0. The Bertz CT molecular complexity index is 589. The minimum atomic E-state index is -0.117. The SMILES string of the molecule is N/C(=N/O)c1ncccc1Oc1cncc(Br)c1. The second-order valence-electron chi connectivity index (χ2n) is 3.28. The van der Waals surface area contributed by atoms with Crippen LogP contribution in [0.5, 0.6) is 11.5 Å². The van der Waals surface area contributed by atoms with Gasteiger partial charge in [0.15, 0.2) is 17.3 Å². The first kappa shape index (κ1) is 12.3. The van der Waals surface area contributed by atoms with Crippen LogP contribution in [0, 0.1) is 0 Å². The summed E-state index contributed by atoms with van der Waals surface area (Å²) in [5, 5.41) is 11.6. The molecule has 0 aliphatic heterocycles. The van der Waals surface area contributed by atoms with E-state index in [1.54, 1.807) is 30.6 Å². The van der Waals surface area contributed by atoms with Gasteiger partial charge in [0.05, 0.1) is 6.20 Å². The first-order chi connectivity index (χ1) is 8.70. The number of nitrogens with two attached hydrogens (primary N) is 1. The highest BCUT2D eigenvalue weighted by Crippen LogP contribution is 2.25. The van der Waals surface area contributed by atoms with Crippen molar-refractivity contribution in [3.8, 4) is 11.5 Å². The van der Waals surface area contributed by atoms with Gasteiger partial charge in [-0.1, -0.05) is 5.16 Å². The molecule has 0 unspecified atom stereocenters. The summed E-state index contributed by atoms with van der Waals surface area (Å²) in [7, 11) is 0. The number of amidine groups is 1. The minimum absolute atomic E-state index is 0.117. The Kier molecular flexibility index (Phi) is 3.73. The van der Waals surface area contributed by atoms with Gasteiger partial charge in [0.2, 0.25) is 0 Å². The molecule has 92 valence electrons. The molecule has 0 spiro atoms. The topological polar surface area (TPSA) is 93.6 Å². The van der Waals surface area contributed by atoms with Crippen LogP contribution in [0.3, 0.4) is 0 Å². The molecule has 0 saturated carbocycles. The number of ether oxygens (including phenoxy) is 1. The average molecular weight is 309 g/mol. The number of halogens is 1. The van der Waals surface area contributed by atoms with Crippen LogP contribution in [-0.4, -0.2) is 21.0 Å². The number of hydrogen-bond donors (Lipinski definition) is 2. The summed E-state index contributed by atoms with van der Waals surface area (Å²) in [6, 6.07) is 5.10. The Hall–Kier alpha value is -2.15. The lowest BCUT2D eigenvalue weighted by atomic mass is 10.3. The number of pyridine rings is 2. The van der Waals surface area contributed by atoms with Crippen LogP contribution < -0.4 is 10.5 Å². The van der Waals surface area contributed by atoms with Crippen molar-refractivity contribution in [1.82, 2.24) is 9.97 Å². The molecule has 18 heavy (non-hydrogen) atoms. The van der Waals surface area contributed by atoms with E-state index in [-0.39, 0.29) is 11.5 Å². The molecule has 2 rings (SSSR count). The maximum Gasteiger partial charge on any atom is 0.192 e. The molecule has 0 bridgehead atoms. The average Bonchev–Trinajstić information content (AvgIpc) is 2.38. The number of nitrogens with zero attached hydrogens (tertiary/aromatic N) is 3. The molecule has 0 atom stereocenters. The van der Waals surface area contributed by atoms with Gasteiger partial charge in [-0.3, -0.25) is 4.98 Å². The molecular formula is C11H9BrN4O2. The van der Waals surface area contributed by atoms with Gasteiger partial charge in [-0.15, -0.1) is 0 Å². The quantitative estimate of drug-likeness (QED) is 0.392. The third kappa shape index (κ3) is 2.75. The van der Waals surface area contributed by atoms with Crippen LogP contribution in [0.1, 0.15) is 5.69 Å². The van der Waals surface area contributed by atoms with E-state index in [1.807, 2.05) is 0 Å². The molecular weight excluding hydrogens is 300 g/mol. The lowest BCUT2D eigenvalue weighted by molar-refractivity contribution is 0.318. The zero-order valence-electron chi connectivity index (χ0n) is 9.12. The fraction of sp³-hybridized carbons (Fsp3) is 0. The van der Waals surface area contributed by atoms with Gasteiger partial charge in [0.25, 0.3) is 0 Å². The van der Waals surface area contributed by atoms with E-state index in [2.05, 4.69) is 31.1 Å². The fourth-order valence-electron chi connectivity index (χ4n) is 1.29. The van der Waals surface area contributed by atoms with E-state index in [9.17, 15) is 0 Å². The van der Waals surface area contributed by atoms with E-state index in [1.165, 1.54) is 6.20 Å². The van der Waals surface area contributed by atoms with Crippen molar-refractivity contribution in [3.05, 3.63) is 47.0 Å². The van der Waals surface area contributed by atoms with Crippen molar-refractivity contribution >= 4 is 21.8 Å². The molecule has 3 N–H and O–H groups in total. The Morgan fingerprint density at radius 3 is 3.00 bits per heavy atom. The standard InChI is InChI=1S/C11H9BrN4O2/c12-7-4-8(6-14-5-7)18-9-2-1-3-15-10(9)11(13)16-17/h1-6,17H,(H2,13,16). The second-order valence-corrected chi connectivity index (χ2v) is 4.19. The number of aromatic nitrogens is 2. The predicted octanol–water partition coefficient (Wildman–Crippen LogP) is 2.13. The highest BCUT2D eigenvalue weighted by Gasteiger charge is 2.10. The Morgan fingerprint density at radius 1 is 1.44 bits per heavy atom. The Labute approximate surface area is 111 Å². The van der Waals surface area contributed by atoms with E-state index >= 15 is 0 Å². The van der Waals surface area contributed by atoms with E-state index in [0.29, 0.717) is 11.5 Å². The highest BCUT2D eigenvalue weighted by molar-refractivity contribution is 9.10. The molecule has 0 radical (unpaired) electrons. The van der Waals surface area contributed by atoms with Crippen LogP contribution in [0.2, 0.25) is 0 Å². The Morgan fingerprint density at radius 2 is 2.28 bits per heavy atom. The molecule has 0 fully saturated rings. The van der Waals surface area contributed by atoms with Gasteiger partial charge in [0, 0.05) is 16.9 Å². The van der Waals surface area contributed by atoms with Crippen LogP contribution in [0.15, 0.2) is 46.4 Å². The monoisotopic (exact) mass is 308 g/mol. The van der Waals surface area contributed by atoms with Crippen molar-refractivity contribution in [2.45, 2.75) is 0 Å². The van der Waals surface area contributed by atoms with Gasteiger partial charge in [-0.05, 0) is 34.1 Å². The molecule has 7 heteroatoms. The van der Waals surface area contributed by atoms with Crippen molar-refractivity contribution in [1.29, 1.82) is 0 Å². The van der Waals surface area contributed by atoms with Gasteiger partial charge in [0.1, 0.15) is 5.75 Å². The molecule has 2 aromatic heterocycles. The van der Waals surface area contributed by atoms with Crippen molar-refractivity contribution in [2.24, 2.45) is 10.9 Å². The van der Waals surface area contributed by atoms with Gasteiger partial charge in [-0.25, -0.2) is 4.98 Å². The predicted molar refractivity (Wildman–Crippen MR) is 68.8 cm³/mol. The molecule has 0 aromatic carbocycles. The summed E-state index contributed by atoms with van der Waals surface area (Å²) < 4.78 is 6.37. The van der Waals surface area contributed by atoms with Gasteiger partial charge in [-0.2, -0.15) is 0 Å². The second kappa shape index (κ2) is 5.46. The smallest absolute Gasteiger partial charge is 0.192 e. The minimum Gasteiger partial charge on any atom is -0.453 e. The fourth-order valence-corrected chi connectivity index (χ4v) is 1.63. The van der Waals surface area contributed by atoms with Crippen LogP contribution >= 0.6 is 15.9 Å². The first-order valence-corrected chi connectivity index (χ1v) is 5.71. The third-order valence-corrected chi connectivity index (χ3v) is 2.46. The molecule has 0 amide bonds. The van der Waals surface area contributed by atoms with Crippen LogP contribution in [0.25, 0.3) is 0 Å². The third-order valence-electron chi connectivity index (χ3n) is 2.03. The molecule has 0 aliphatic rings. The van der Waals surface area contributed by atoms with Gasteiger partial charge >= 0.3 is 0 Å². The first-order valence-electron chi connectivity index (χ1n) is 4.92. The highest BCUT2D eigenvalue weighted by atomic mass is 79.9. The van der Waals surface area contributed by atoms with Crippen molar-refractivity contribution in [3.63, 3.8) is 0 Å². The largest absolute Gasteiger partial charge is 0.453 e. The molecule has 2 aromatic rings. The van der Waals surface area contributed by atoms with Crippen molar-refractivity contribution < 1.29 is 9.94 Å². The lowest BCUT2D eigenvalue weighted by Gasteiger charge is -2.08. The maximum atomic E-state index is 8.67. The summed E-state index contributed by atoms with van der Waals surface area (Å²) in [6.07, 6.45) is 4.72. The summed E-state index contributed by atoms with van der Waals surface area (Å²) >= 11 is 3.29. The summed E-state index contributed by atoms with van der Waals surface area (Å²) in [5.74, 6) is 0.783. The van der Waals surface area contributed by atoms with Gasteiger partial charge < -0.3 is 15.7 Å². The van der Waals surface area contributed by atoms with Crippen LogP contribution in [0.4, 0.5) is 0 Å². The zero-order chi connectivity index (χ0) is 13.0. The van der Waals surface area contributed by atoms with E-state index in [4.69, 9.17) is 15.7 Å². The molecule has 0 saturated heterocycles. The number of rotatable bonds is 3. The molecule has 2 heterocycles. The zero-order valence-corrected chi connectivity index (χ0v) is 10.7. The van der Waals surface area contributed by atoms with E-state index in [0.717, 1.165) is 4.47 Å². The summed E-state index contributed by atoms with van der Waals surface area (Å²) in [5.41, 5.74) is 5.78. The lowest BCUT2D eigenvalue weighted by Crippen LogP contribution is -2.15. The number of hydrogen-bond acceptors (Lipinski definition) is 5. The normalized spacial score (nSPS) is 11.3. The van der Waals surface area contributed by atoms with E-state index < -0.39 is 0 Å².